The van der Waals surface area contributed by atoms with Crippen molar-refractivity contribution in [3.63, 3.8) is 0 Å². The van der Waals surface area contributed by atoms with Crippen molar-refractivity contribution in [1.29, 1.82) is 0 Å². The zero-order chi connectivity index (χ0) is 16.3. The monoisotopic (exact) mass is 317 g/mol. The summed E-state index contributed by atoms with van der Waals surface area (Å²) < 4.78 is 23.4. The molecule has 0 aliphatic rings. The van der Waals surface area contributed by atoms with E-state index in [4.69, 9.17) is 0 Å². The number of carbonyl (C=O) groups is 1. The fourth-order valence-electron chi connectivity index (χ4n) is 2.25. The van der Waals surface area contributed by atoms with Crippen molar-refractivity contribution in [2.24, 2.45) is 0 Å². The quantitative estimate of drug-likeness (QED) is 0.943. The number of aryl methyl sites for hydroxylation is 1. The molecule has 0 heterocycles. The van der Waals surface area contributed by atoms with Crippen molar-refractivity contribution in [3.05, 3.63) is 65.2 Å². The summed E-state index contributed by atoms with van der Waals surface area (Å²) in [6.45, 7) is 3.43. The first kappa shape index (κ1) is 16.2. The van der Waals surface area contributed by atoms with Crippen LogP contribution in [0.4, 0.5) is 0 Å². The maximum atomic E-state index is 11.7. The summed E-state index contributed by atoms with van der Waals surface area (Å²) in [5.41, 5.74) is 2.77. The van der Waals surface area contributed by atoms with Crippen LogP contribution in [0.15, 0.2) is 53.4 Å². The molecule has 2 rings (SSSR count). The summed E-state index contributed by atoms with van der Waals surface area (Å²) in [7, 11) is -3.29. The van der Waals surface area contributed by atoms with Crippen molar-refractivity contribution in [2.45, 2.75) is 24.8 Å². The Morgan fingerprint density at radius 3 is 2.23 bits per heavy atom. The Balaban J connectivity index is 2.50. The molecule has 0 fully saturated rings. The highest BCUT2D eigenvalue weighted by molar-refractivity contribution is 7.90. The summed E-state index contributed by atoms with van der Waals surface area (Å²) in [5.74, 6) is -0.171. The summed E-state index contributed by atoms with van der Waals surface area (Å²) >= 11 is 0. The second-order valence-corrected chi connectivity index (χ2v) is 7.40. The number of amides is 1. The lowest BCUT2D eigenvalue weighted by Crippen LogP contribution is -2.27. The third kappa shape index (κ3) is 3.95. The summed E-state index contributed by atoms with van der Waals surface area (Å²) in [5, 5.41) is 2.88. The molecule has 0 aliphatic heterocycles. The molecule has 0 unspecified atom stereocenters. The van der Waals surface area contributed by atoms with Crippen molar-refractivity contribution in [1.82, 2.24) is 5.32 Å². The molecule has 22 heavy (non-hydrogen) atoms. The predicted octanol–water partition coefficient (Wildman–Crippen LogP) is 2.62. The number of hydrogen-bond donors (Lipinski definition) is 1. The second kappa shape index (κ2) is 6.32. The molecule has 1 amide bonds. The minimum atomic E-state index is -3.29. The van der Waals surface area contributed by atoms with Gasteiger partial charge in [-0.15, -0.1) is 0 Å². The third-order valence-corrected chi connectivity index (χ3v) is 4.49. The lowest BCUT2D eigenvalue weighted by atomic mass is 9.98. The van der Waals surface area contributed by atoms with E-state index in [1.807, 2.05) is 37.3 Å². The number of carbonyl (C=O) groups excluding carboxylic acids is 1. The van der Waals surface area contributed by atoms with Crippen LogP contribution in [0.25, 0.3) is 0 Å². The highest BCUT2D eigenvalue weighted by Crippen LogP contribution is 2.24. The second-order valence-electron chi connectivity index (χ2n) is 5.39. The summed E-state index contributed by atoms with van der Waals surface area (Å²) in [6.07, 6.45) is 1.17. The van der Waals surface area contributed by atoms with E-state index < -0.39 is 9.84 Å². The molecule has 4 nitrogen and oxygen atoms in total. The molecule has 0 saturated heterocycles. The van der Waals surface area contributed by atoms with Crippen molar-refractivity contribution in [3.8, 4) is 0 Å². The fourth-order valence-corrected chi connectivity index (χ4v) is 2.92. The van der Waals surface area contributed by atoms with Crippen LogP contribution >= 0.6 is 0 Å². The van der Waals surface area contributed by atoms with E-state index in [0.29, 0.717) is 0 Å². The maximum Gasteiger partial charge on any atom is 0.217 e. The molecule has 0 radical (unpaired) electrons. The molecule has 116 valence electrons. The largest absolute Gasteiger partial charge is 0.345 e. The lowest BCUT2D eigenvalue weighted by molar-refractivity contribution is -0.119. The normalized spacial score (nSPS) is 12.7. The topological polar surface area (TPSA) is 63.2 Å². The molecule has 0 bridgehead atoms. The molecule has 1 N–H and O–H groups in total. The minimum Gasteiger partial charge on any atom is -0.345 e. The Morgan fingerprint density at radius 2 is 1.68 bits per heavy atom. The van der Waals surface area contributed by atoms with Crippen LogP contribution in [0.5, 0.6) is 0 Å². The van der Waals surface area contributed by atoms with Gasteiger partial charge in [-0.3, -0.25) is 4.79 Å². The number of hydrogen-bond acceptors (Lipinski definition) is 3. The molecule has 0 spiro atoms. The van der Waals surface area contributed by atoms with Gasteiger partial charge in [0, 0.05) is 13.2 Å². The Morgan fingerprint density at radius 1 is 1.05 bits per heavy atom. The molecular formula is C17H19NO3S. The molecule has 5 heteroatoms. The fraction of sp³-hybridized carbons (Fsp3) is 0.235. The lowest BCUT2D eigenvalue weighted by Gasteiger charge is -2.19. The molecule has 0 saturated carbocycles. The zero-order valence-corrected chi connectivity index (χ0v) is 13.6. The number of sulfone groups is 1. The van der Waals surface area contributed by atoms with Gasteiger partial charge in [0.15, 0.2) is 9.84 Å². The zero-order valence-electron chi connectivity index (χ0n) is 12.8. The van der Waals surface area contributed by atoms with Crippen LogP contribution in [0.3, 0.4) is 0 Å². The van der Waals surface area contributed by atoms with E-state index >= 15 is 0 Å². The van der Waals surface area contributed by atoms with Crippen LogP contribution in [0, 0.1) is 6.92 Å². The Hall–Kier alpha value is -2.14. The number of nitrogens with one attached hydrogen (secondary N) is 1. The number of benzene rings is 2. The van der Waals surface area contributed by atoms with E-state index in [-0.39, 0.29) is 16.8 Å². The summed E-state index contributed by atoms with van der Waals surface area (Å²) in [6, 6.07) is 14.1. The van der Waals surface area contributed by atoms with E-state index in [2.05, 4.69) is 5.32 Å². The van der Waals surface area contributed by atoms with E-state index in [9.17, 15) is 13.2 Å². The maximum absolute atomic E-state index is 11.7. The molecule has 2 aromatic carbocycles. The van der Waals surface area contributed by atoms with Crippen LogP contribution in [0.1, 0.15) is 29.7 Å². The van der Waals surface area contributed by atoms with Crippen LogP contribution in [-0.2, 0) is 14.6 Å². The Kier molecular flexibility index (Phi) is 4.66. The van der Waals surface area contributed by atoms with Crippen LogP contribution < -0.4 is 5.32 Å². The van der Waals surface area contributed by atoms with E-state index in [1.165, 1.54) is 13.2 Å². The Bertz CT molecular complexity index is 780. The van der Waals surface area contributed by atoms with Gasteiger partial charge in [0.2, 0.25) is 5.91 Å². The van der Waals surface area contributed by atoms with Crippen molar-refractivity contribution in [2.75, 3.05) is 6.26 Å². The molecule has 2 aromatic rings. The summed E-state index contributed by atoms with van der Waals surface area (Å²) in [4.78, 5) is 11.8. The first-order valence-corrected chi connectivity index (χ1v) is 8.80. The smallest absolute Gasteiger partial charge is 0.217 e. The van der Waals surface area contributed by atoms with Gasteiger partial charge in [-0.25, -0.2) is 8.42 Å². The van der Waals surface area contributed by atoms with Gasteiger partial charge in [-0.2, -0.15) is 0 Å². The van der Waals surface area contributed by atoms with Gasteiger partial charge in [-0.05, 0) is 30.2 Å². The van der Waals surface area contributed by atoms with Gasteiger partial charge in [0.05, 0.1) is 10.9 Å². The Labute approximate surface area is 131 Å². The average molecular weight is 317 g/mol. The van der Waals surface area contributed by atoms with Gasteiger partial charge in [0.25, 0.3) is 0 Å². The highest BCUT2D eigenvalue weighted by atomic mass is 32.2. The molecular weight excluding hydrogens is 298 g/mol. The number of rotatable bonds is 4. The molecule has 0 aliphatic carbocycles. The first-order valence-electron chi connectivity index (χ1n) is 6.91. The van der Waals surface area contributed by atoms with Gasteiger partial charge >= 0.3 is 0 Å². The van der Waals surface area contributed by atoms with Crippen LogP contribution in [-0.4, -0.2) is 20.6 Å². The van der Waals surface area contributed by atoms with Crippen molar-refractivity contribution >= 4 is 15.7 Å². The SMILES string of the molecule is CC(=O)N[C@H](c1ccc(C)cc1)c1cccc(S(C)(=O)=O)c1. The van der Waals surface area contributed by atoms with Crippen molar-refractivity contribution < 1.29 is 13.2 Å². The van der Waals surface area contributed by atoms with Crippen LogP contribution in [0.2, 0.25) is 0 Å². The van der Waals surface area contributed by atoms with E-state index in [1.54, 1.807) is 18.2 Å². The molecule has 0 aromatic heterocycles. The average Bonchev–Trinajstić information content (AvgIpc) is 2.45. The molecule has 1 atom stereocenters. The van der Waals surface area contributed by atoms with Gasteiger partial charge < -0.3 is 5.32 Å². The standard InChI is InChI=1S/C17H19NO3S/c1-12-7-9-14(10-8-12)17(18-13(2)19)15-5-4-6-16(11-15)22(3,20)21/h4-11,17H,1-3H3,(H,18,19)/t17-/m1/s1. The minimum absolute atomic E-state index is 0.171. The predicted molar refractivity (Wildman–Crippen MR) is 86.4 cm³/mol. The first-order chi connectivity index (χ1) is 10.3. The highest BCUT2D eigenvalue weighted by Gasteiger charge is 2.17. The van der Waals surface area contributed by atoms with Gasteiger partial charge in [0.1, 0.15) is 0 Å². The van der Waals surface area contributed by atoms with E-state index in [0.717, 1.165) is 16.7 Å². The van der Waals surface area contributed by atoms with Gasteiger partial charge in [-0.1, -0.05) is 42.0 Å². The third-order valence-electron chi connectivity index (χ3n) is 3.38.